The molecule has 0 aliphatic carbocycles. The lowest BCUT2D eigenvalue weighted by atomic mass is 10.1. The van der Waals surface area contributed by atoms with Crippen molar-refractivity contribution < 1.29 is 8.42 Å². The van der Waals surface area contributed by atoms with E-state index in [1.54, 1.807) is 7.05 Å². The van der Waals surface area contributed by atoms with Crippen LogP contribution in [0.15, 0.2) is 9.63 Å². The zero-order valence-electron chi connectivity index (χ0n) is 11.9. The summed E-state index contributed by atoms with van der Waals surface area (Å²) in [7, 11) is -2.03. The molecule has 7 nitrogen and oxygen atoms in total. The van der Waals surface area contributed by atoms with E-state index in [2.05, 4.69) is 49.7 Å². The lowest BCUT2D eigenvalue weighted by molar-refractivity contribution is 0.168. The Balaban J connectivity index is 2.04. The van der Waals surface area contributed by atoms with Gasteiger partial charge < -0.3 is 4.90 Å². The van der Waals surface area contributed by atoms with Gasteiger partial charge in [0.15, 0.2) is 4.60 Å². The molecule has 114 valence electrons. The highest BCUT2D eigenvalue weighted by molar-refractivity contribution is 9.10. The smallest absolute Gasteiger partial charge is 0.260 e. The van der Waals surface area contributed by atoms with Crippen molar-refractivity contribution >= 4 is 26.0 Å². The van der Waals surface area contributed by atoms with Crippen molar-refractivity contribution in [2.24, 2.45) is 7.05 Å². The van der Waals surface area contributed by atoms with Crippen molar-refractivity contribution in [2.75, 3.05) is 13.1 Å². The Labute approximate surface area is 127 Å². The standard InChI is InChI=1S/C11H20BrN5O2S/c1-8(2)17-6-4-9(5-7-17)14-20(18,19)11-10(12)13-15-16(11)3/h8-9,14H,4-7H2,1-3H3. The molecule has 9 heteroatoms. The summed E-state index contributed by atoms with van der Waals surface area (Å²) >= 11 is 3.12. The summed E-state index contributed by atoms with van der Waals surface area (Å²) < 4.78 is 29.0. The Morgan fingerprint density at radius 1 is 1.35 bits per heavy atom. The van der Waals surface area contributed by atoms with Crippen molar-refractivity contribution in [1.82, 2.24) is 24.6 Å². The van der Waals surface area contributed by atoms with E-state index in [4.69, 9.17) is 0 Å². The SMILES string of the molecule is CC(C)N1CCC(NS(=O)(=O)c2c(Br)nnn2C)CC1. The Morgan fingerprint density at radius 3 is 2.40 bits per heavy atom. The molecule has 2 heterocycles. The van der Waals surface area contributed by atoms with Crippen LogP contribution in [0.5, 0.6) is 0 Å². The van der Waals surface area contributed by atoms with Gasteiger partial charge in [0.05, 0.1) is 0 Å². The third-order valence-electron chi connectivity index (χ3n) is 3.57. The number of aromatic nitrogens is 3. The number of halogens is 1. The fourth-order valence-corrected chi connectivity index (χ4v) is 4.82. The molecule has 0 aromatic carbocycles. The van der Waals surface area contributed by atoms with Gasteiger partial charge in [0.1, 0.15) is 0 Å². The van der Waals surface area contributed by atoms with Gasteiger partial charge in [-0.05, 0) is 55.7 Å². The summed E-state index contributed by atoms with van der Waals surface area (Å²) in [6.07, 6.45) is 1.64. The third-order valence-corrected chi connectivity index (χ3v) is 5.98. The summed E-state index contributed by atoms with van der Waals surface area (Å²) in [5, 5.41) is 7.49. The molecular formula is C11H20BrN5O2S. The summed E-state index contributed by atoms with van der Waals surface area (Å²) in [5.74, 6) is 0. The fourth-order valence-electron chi connectivity index (χ4n) is 2.42. The van der Waals surface area contributed by atoms with E-state index in [1.807, 2.05) is 0 Å². The van der Waals surface area contributed by atoms with Crippen LogP contribution < -0.4 is 4.72 Å². The first kappa shape index (κ1) is 15.9. The largest absolute Gasteiger partial charge is 0.301 e. The molecule has 0 spiro atoms. The Morgan fingerprint density at radius 2 is 1.95 bits per heavy atom. The second-order valence-electron chi connectivity index (χ2n) is 5.33. The molecule has 1 fully saturated rings. The quantitative estimate of drug-likeness (QED) is 0.850. The predicted molar refractivity (Wildman–Crippen MR) is 78.8 cm³/mol. The van der Waals surface area contributed by atoms with Crippen LogP contribution in [-0.2, 0) is 17.1 Å². The van der Waals surface area contributed by atoms with Gasteiger partial charge in [0.25, 0.3) is 10.0 Å². The van der Waals surface area contributed by atoms with Crippen LogP contribution >= 0.6 is 15.9 Å². The Hall–Kier alpha value is -0.510. The molecule has 0 bridgehead atoms. The number of hydrogen-bond acceptors (Lipinski definition) is 5. The van der Waals surface area contributed by atoms with Gasteiger partial charge in [0.2, 0.25) is 5.03 Å². The molecule has 1 aliphatic heterocycles. The average molecular weight is 366 g/mol. The minimum Gasteiger partial charge on any atom is -0.301 e. The first-order valence-electron chi connectivity index (χ1n) is 6.63. The fraction of sp³-hybridized carbons (Fsp3) is 0.818. The summed E-state index contributed by atoms with van der Waals surface area (Å²) in [4.78, 5) is 2.35. The Kier molecular flexibility index (Phi) is 4.83. The molecule has 1 aromatic rings. The molecule has 0 saturated carbocycles. The lowest BCUT2D eigenvalue weighted by Gasteiger charge is -2.34. The van der Waals surface area contributed by atoms with Crippen LogP contribution in [0.1, 0.15) is 26.7 Å². The van der Waals surface area contributed by atoms with Crippen LogP contribution in [0.4, 0.5) is 0 Å². The summed E-state index contributed by atoms with van der Waals surface area (Å²) in [5.41, 5.74) is 0. The molecule has 0 radical (unpaired) electrons. The summed E-state index contributed by atoms with van der Waals surface area (Å²) in [6, 6.07) is 0.472. The lowest BCUT2D eigenvalue weighted by Crippen LogP contribution is -2.46. The van der Waals surface area contributed by atoms with E-state index in [0.29, 0.717) is 6.04 Å². The van der Waals surface area contributed by atoms with Crippen LogP contribution in [0, 0.1) is 0 Å². The maximum atomic E-state index is 12.4. The second-order valence-corrected chi connectivity index (χ2v) is 7.71. The monoisotopic (exact) mass is 365 g/mol. The number of likely N-dealkylation sites (tertiary alicyclic amines) is 1. The van der Waals surface area contributed by atoms with E-state index in [9.17, 15) is 8.42 Å². The number of rotatable bonds is 4. The van der Waals surface area contributed by atoms with Crippen molar-refractivity contribution in [3.63, 3.8) is 0 Å². The minimum absolute atomic E-state index is 0.0307. The van der Waals surface area contributed by atoms with Crippen molar-refractivity contribution in [1.29, 1.82) is 0 Å². The van der Waals surface area contributed by atoms with Gasteiger partial charge in [-0.1, -0.05) is 5.21 Å². The molecule has 20 heavy (non-hydrogen) atoms. The van der Waals surface area contributed by atoms with Crippen LogP contribution in [-0.4, -0.2) is 53.5 Å². The molecule has 1 N–H and O–H groups in total. The van der Waals surface area contributed by atoms with E-state index in [1.165, 1.54) is 4.68 Å². The van der Waals surface area contributed by atoms with Gasteiger partial charge in [-0.2, -0.15) is 0 Å². The highest BCUT2D eigenvalue weighted by Gasteiger charge is 2.29. The molecule has 1 aromatic heterocycles. The number of piperidine rings is 1. The molecule has 0 atom stereocenters. The number of nitrogens with one attached hydrogen (secondary N) is 1. The van der Waals surface area contributed by atoms with E-state index >= 15 is 0 Å². The first-order chi connectivity index (χ1) is 9.31. The van der Waals surface area contributed by atoms with Crippen LogP contribution in [0.25, 0.3) is 0 Å². The van der Waals surface area contributed by atoms with Gasteiger partial charge in [-0.25, -0.2) is 17.8 Å². The molecular weight excluding hydrogens is 346 g/mol. The number of sulfonamides is 1. The zero-order valence-corrected chi connectivity index (χ0v) is 14.3. The maximum Gasteiger partial charge on any atom is 0.260 e. The zero-order chi connectivity index (χ0) is 14.9. The highest BCUT2D eigenvalue weighted by atomic mass is 79.9. The van der Waals surface area contributed by atoms with E-state index in [-0.39, 0.29) is 15.7 Å². The number of hydrogen-bond donors (Lipinski definition) is 1. The highest BCUT2D eigenvalue weighted by Crippen LogP contribution is 2.20. The number of aryl methyl sites for hydroxylation is 1. The van der Waals surface area contributed by atoms with Crippen molar-refractivity contribution in [3.05, 3.63) is 4.60 Å². The molecule has 0 amide bonds. The maximum absolute atomic E-state index is 12.4. The van der Waals surface area contributed by atoms with Crippen molar-refractivity contribution in [2.45, 2.75) is 43.8 Å². The molecule has 2 rings (SSSR count). The van der Waals surface area contributed by atoms with Gasteiger partial charge in [-0.15, -0.1) is 5.10 Å². The minimum atomic E-state index is -3.59. The van der Waals surface area contributed by atoms with Crippen LogP contribution in [0.3, 0.4) is 0 Å². The van der Waals surface area contributed by atoms with Gasteiger partial charge in [-0.3, -0.25) is 0 Å². The predicted octanol–water partition coefficient (Wildman–Crippen LogP) is 0.729. The first-order valence-corrected chi connectivity index (χ1v) is 8.90. The van der Waals surface area contributed by atoms with Gasteiger partial charge in [0, 0.05) is 19.1 Å². The molecule has 1 aliphatic rings. The molecule has 1 saturated heterocycles. The third kappa shape index (κ3) is 3.38. The number of nitrogens with zero attached hydrogens (tertiary/aromatic N) is 4. The summed E-state index contributed by atoms with van der Waals surface area (Å²) in [6.45, 7) is 6.14. The van der Waals surface area contributed by atoms with Crippen LogP contribution in [0.2, 0.25) is 0 Å². The average Bonchev–Trinajstić information content (AvgIpc) is 2.69. The van der Waals surface area contributed by atoms with E-state index in [0.717, 1.165) is 25.9 Å². The van der Waals surface area contributed by atoms with Gasteiger partial charge >= 0.3 is 0 Å². The topological polar surface area (TPSA) is 80.1 Å². The Bertz CT molecular complexity index is 544. The molecule has 0 unspecified atom stereocenters. The second kappa shape index (κ2) is 6.08. The van der Waals surface area contributed by atoms with E-state index < -0.39 is 10.0 Å². The van der Waals surface area contributed by atoms with Crippen molar-refractivity contribution in [3.8, 4) is 0 Å². The normalized spacial score (nSPS) is 18.9.